The highest BCUT2D eigenvalue weighted by molar-refractivity contribution is 5.13. The van der Waals surface area contributed by atoms with Gasteiger partial charge in [-0.15, -0.1) is 0 Å². The Balaban J connectivity index is 1.81. The second-order valence-electron chi connectivity index (χ2n) is 4.39. The van der Waals surface area contributed by atoms with Gasteiger partial charge in [0.15, 0.2) is 0 Å². The number of nitrogens with zero attached hydrogens (tertiary/aromatic N) is 2. The van der Waals surface area contributed by atoms with Gasteiger partial charge in [0.25, 0.3) is 0 Å². The van der Waals surface area contributed by atoms with Gasteiger partial charge in [-0.3, -0.25) is 9.52 Å². The Hall–Kier alpha value is -1.65. The van der Waals surface area contributed by atoms with E-state index in [0.29, 0.717) is 13.2 Å². The summed E-state index contributed by atoms with van der Waals surface area (Å²) in [5.74, 6) is 0. The monoisotopic (exact) mass is 259 g/mol. The van der Waals surface area contributed by atoms with E-state index < -0.39 is 0 Å². The predicted octanol–water partition coefficient (Wildman–Crippen LogP) is 2.69. The molecule has 0 saturated carbocycles. The molecule has 0 amide bonds. The summed E-state index contributed by atoms with van der Waals surface area (Å²) in [6, 6.07) is 12.3. The number of aromatic nitrogens is 2. The van der Waals surface area contributed by atoms with Crippen molar-refractivity contribution in [1.82, 2.24) is 15.3 Å². The first-order valence-electron chi connectivity index (χ1n) is 6.77. The Kier molecular flexibility index (Phi) is 5.12. The molecule has 2 aromatic rings. The van der Waals surface area contributed by atoms with Crippen LogP contribution in [0.15, 0.2) is 36.4 Å². The van der Waals surface area contributed by atoms with Crippen LogP contribution in [0.2, 0.25) is 0 Å². The average Bonchev–Trinajstić information content (AvgIpc) is 2.87. The maximum absolute atomic E-state index is 5.47. The SMILES string of the molecule is CCc1cc(CNOCc2ccccc2)n(CC)n1. The normalized spacial score (nSPS) is 10.8. The van der Waals surface area contributed by atoms with E-state index in [2.05, 4.69) is 30.5 Å². The molecule has 0 spiro atoms. The third-order valence-corrected chi connectivity index (χ3v) is 3.01. The molecule has 2 rings (SSSR count). The van der Waals surface area contributed by atoms with Crippen molar-refractivity contribution in [2.24, 2.45) is 0 Å². The highest BCUT2D eigenvalue weighted by atomic mass is 16.6. The van der Waals surface area contributed by atoms with Gasteiger partial charge < -0.3 is 0 Å². The number of aryl methyl sites for hydroxylation is 2. The topological polar surface area (TPSA) is 39.1 Å². The van der Waals surface area contributed by atoms with Crippen LogP contribution in [0.5, 0.6) is 0 Å². The van der Waals surface area contributed by atoms with Crippen molar-refractivity contribution in [3.63, 3.8) is 0 Å². The van der Waals surface area contributed by atoms with Crippen LogP contribution in [0.4, 0.5) is 0 Å². The van der Waals surface area contributed by atoms with Crippen molar-refractivity contribution in [2.75, 3.05) is 0 Å². The van der Waals surface area contributed by atoms with E-state index in [0.717, 1.165) is 29.9 Å². The molecule has 0 aliphatic heterocycles. The van der Waals surface area contributed by atoms with Crippen molar-refractivity contribution >= 4 is 0 Å². The number of benzene rings is 1. The Morgan fingerprint density at radius 2 is 2.00 bits per heavy atom. The Morgan fingerprint density at radius 1 is 1.21 bits per heavy atom. The van der Waals surface area contributed by atoms with Crippen molar-refractivity contribution in [3.8, 4) is 0 Å². The Bertz CT molecular complexity index is 493. The zero-order valence-corrected chi connectivity index (χ0v) is 11.6. The summed E-state index contributed by atoms with van der Waals surface area (Å²) < 4.78 is 2.01. The quantitative estimate of drug-likeness (QED) is 0.614. The fourth-order valence-electron chi connectivity index (χ4n) is 1.94. The van der Waals surface area contributed by atoms with E-state index in [9.17, 15) is 0 Å². The summed E-state index contributed by atoms with van der Waals surface area (Å²) in [4.78, 5) is 5.47. The summed E-state index contributed by atoms with van der Waals surface area (Å²) >= 11 is 0. The molecule has 1 aromatic heterocycles. The van der Waals surface area contributed by atoms with Gasteiger partial charge in [0.2, 0.25) is 0 Å². The van der Waals surface area contributed by atoms with E-state index in [1.165, 1.54) is 0 Å². The van der Waals surface area contributed by atoms with Crippen LogP contribution < -0.4 is 5.48 Å². The molecule has 4 nitrogen and oxygen atoms in total. The lowest BCUT2D eigenvalue weighted by Crippen LogP contribution is -2.17. The van der Waals surface area contributed by atoms with Gasteiger partial charge in [0, 0.05) is 6.54 Å². The number of hydrogen-bond donors (Lipinski definition) is 1. The van der Waals surface area contributed by atoms with Crippen molar-refractivity contribution in [2.45, 2.75) is 40.0 Å². The summed E-state index contributed by atoms with van der Waals surface area (Å²) in [5, 5.41) is 4.51. The van der Waals surface area contributed by atoms with Crippen molar-refractivity contribution in [3.05, 3.63) is 53.3 Å². The van der Waals surface area contributed by atoms with Gasteiger partial charge >= 0.3 is 0 Å². The van der Waals surface area contributed by atoms with Gasteiger partial charge in [0.05, 0.1) is 24.5 Å². The lowest BCUT2D eigenvalue weighted by Gasteiger charge is -2.07. The molecule has 0 aliphatic rings. The van der Waals surface area contributed by atoms with Gasteiger partial charge in [-0.25, -0.2) is 0 Å². The minimum atomic E-state index is 0.571. The fraction of sp³-hybridized carbons (Fsp3) is 0.400. The molecule has 0 saturated heterocycles. The fourth-order valence-corrected chi connectivity index (χ4v) is 1.94. The average molecular weight is 259 g/mol. The largest absolute Gasteiger partial charge is 0.297 e. The summed E-state index contributed by atoms with van der Waals surface area (Å²) in [7, 11) is 0. The molecule has 0 unspecified atom stereocenters. The molecule has 0 aliphatic carbocycles. The minimum Gasteiger partial charge on any atom is -0.297 e. The maximum Gasteiger partial charge on any atom is 0.0933 e. The molecule has 0 fully saturated rings. The van der Waals surface area contributed by atoms with Gasteiger partial charge in [-0.05, 0) is 25.0 Å². The molecule has 0 atom stereocenters. The van der Waals surface area contributed by atoms with Crippen LogP contribution >= 0.6 is 0 Å². The molecule has 1 heterocycles. The number of rotatable bonds is 7. The van der Waals surface area contributed by atoms with Crippen LogP contribution in [-0.4, -0.2) is 9.78 Å². The lowest BCUT2D eigenvalue weighted by atomic mass is 10.2. The standard InChI is InChI=1S/C15H21N3O/c1-3-14-10-15(18(4-2)17-14)11-16-19-12-13-8-6-5-7-9-13/h5-10,16H,3-4,11-12H2,1-2H3. The van der Waals surface area contributed by atoms with Crippen LogP contribution in [0.1, 0.15) is 30.8 Å². The van der Waals surface area contributed by atoms with Crippen LogP contribution in [0.3, 0.4) is 0 Å². The number of hydrogen-bond acceptors (Lipinski definition) is 3. The van der Waals surface area contributed by atoms with E-state index in [1.54, 1.807) is 0 Å². The van der Waals surface area contributed by atoms with E-state index in [1.807, 2.05) is 35.0 Å². The molecule has 0 bridgehead atoms. The molecule has 102 valence electrons. The van der Waals surface area contributed by atoms with E-state index in [4.69, 9.17) is 4.84 Å². The summed E-state index contributed by atoms with van der Waals surface area (Å²) in [6.45, 7) is 6.34. The third kappa shape index (κ3) is 3.91. The highest BCUT2D eigenvalue weighted by Gasteiger charge is 2.04. The smallest absolute Gasteiger partial charge is 0.0933 e. The van der Waals surface area contributed by atoms with Crippen LogP contribution in [-0.2, 0) is 31.0 Å². The first kappa shape index (κ1) is 13.8. The first-order chi connectivity index (χ1) is 9.33. The molecular weight excluding hydrogens is 238 g/mol. The molecule has 1 aromatic carbocycles. The van der Waals surface area contributed by atoms with Gasteiger partial charge in [-0.2, -0.15) is 10.6 Å². The number of nitrogens with one attached hydrogen (secondary N) is 1. The zero-order valence-electron chi connectivity index (χ0n) is 11.6. The van der Waals surface area contributed by atoms with Crippen LogP contribution in [0, 0.1) is 0 Å². The molecular formula is C15H21N3O. The van der Waals surface area contributed by atoms with Gasteiger partial charge in [0.1, 0.15) is 0 Å². The maximum atomic E-state index is 5.47. The Morgan fingerprint density at radius 3 is 2.68 bits per heavy atom. The molecule has 19 heavy (non-hydrogen) atoms. The molecule has 4 heteroatoms. The third-order valence-electron chi connectivity index (χ3n) is 3.01. The lowest BCUT2D eigenvalue weighted by molar-refractivity contribution is 0.0221. The van der Waals surface area contributed by atoms with Crippen LogP contribution in [0.25, 0.3) is 0 Å². The summed E-state index contributed by atoms with van der Waals surface area (Å²) in [6.07, 6.45) is 0.963. The second kappa shape index (κ2) is 7.07. The second-order valence-corrected chi connectivity index (χ2v) is 4.39. The molecule has 0 radical (unpaired) electrons. The minimum absolute atomic E-state index is 0.571. The predicted molar refractivity (Wildman–Crippen MR) is 75.3 cm³/mol. The zero-order chi connectivity index (χ0) is 13.5. The van der Waals surface area contributed by atoms with Gasteiger partial charge in [-0.1, -0.05) is 37.3 Å². The first-order valence-corrected chi connectivity index (χ1v) is 6.77. The van der Waals surface area contributed by atoms with E-state index in [-0.39, 0.29) is 0 Å². The Labute approximate surface area is 114 Å². The number of hydroxylamine groups is 1. The molecule has 1 N–H and O–H groups in total. The van der Waals surface area contributed by atoms with Crippen molar-refractivity contribution in [1.29, 1.82) is 0 Å². The highest BCUT2D eigenvalue weighted by Crippen LogP contribution is 2.06. The van der Waals surface area contributed by atoms with E-state index >= 15 is 0 Å². The summed E-state index contributed by atoms with van der Waals surface area (Å²) in [5.41, 5.74) is 6.45. The van der Waals surface area contributed by atoms with Crippen molar-refractivity contribution < 1.29 is 4.84 Å².